The second kappa shape index (κ2) is 12.5. The summed E-state index contributed by atoms with van der Waals surface area (Å²) in [5.41, 5.74) is 2.21. The number of carbonyl (C=O) groups excluding carboxylic acids is 2. The smallest absolute Gasteiger partial charge is 0.275 e. The minimum Gasteiger partial charge on any atom is -0.345 e. The molecule has 216 valence electrons. The van der Waals surface area contributed by atoms with Gasteiger partial charge in [0.2, 0.25) is 0 Å². The molecule has 1 atom stereocenters. The zero-order chi connectivity index (χ0) is 29.0. The van der Waals surface area contributed by atoms with Gasteiger partial charge in [0.15, 0.2) is 5.82 Å². The Labute approximate surface area is 246 Å². The van der Waals surface area contributed by atoms with E-state index in [9.17, 15) is 9.59 Å². The molecule has 3 aromatic rings. The molecule has 1 fully saturated rings. The average molecular weight is 576 g/mol. The van der Waals surface area contributed by atoms with Gasteiger partial charge in [0.05, 0.1) is 12.6 Å². The highest BCUT2D eigenvalue weighted by molar-refractivity contribution is 6.47. The topological polar surface area (TPSA) is 116 Å². The first-order valence-electron chi connectivity index (χ1n) is 14.6. The van der Waals surface area contributed by atoms with Crippen molar-refractivity contribution in [2.75, 3.05) is 0 Å². The molecular formula is C31H38ClN7O2. The van der Waals surface area contributed by atoms with Crippen LogP contribution in [-0.4, -0.2) is 48.7 Å². The third-order valence-electron chi connectivity index (χ3n) is 8.56. The summed E-state index contributed by atoms with van der Waals surface area (Å²) in [6.07, 6.45) is 6.55. The number of unbranched alkanes of at least 4 members (excludes halogenated alkanes) is 1. The first kappa shape index (κ1) is 28.9. The Kier molecular flexibility index (Phi) is 8.82. The fraction of sp³-hybridized carbons (Fsp3) is 0.484. The summed E-state index contributed by atoms with van der Waals surface area (Å²) in [4.78, 5) is 34.4. The summed E-state index contributed by atoms with van der Waals surface area (Å²) in [6.45, 7) is 6.91. The molecule has 0 radical (unpaired) electrons. The number of carbonyl (C=O) groups is 2. The lowest BCUT2D eigenvalue weighted by Gasteiger charge is -2.46. The van der Waals surface area contributed by atoms with Crippen molar-refractivity contribution in [3.63, 3.8) is 0 Å². The van der Waals surface area contributed by atoms with Gasteiger partial charge in [0.1, 0.15) is 11.4 Å². The standard InChI is InChI=1S/C31H38ClN7O2/c1-4-5-9-26(22-10-12-23(13-11-22)29(40)33-19-27-35-37-38-36-27)39-30(41)28(24-7-6-8-25(32)18-24)34-31(39)16-14-21(15-17-31)20(2)3/h6-8,10-13,18,20-21,26H,4-5,9,14-17,19H2,1-3H3,(H,33,40)(H,35,36,37,38). The van der Waals surface area contributed by atoms with Gasteiger partial charge in [-0.25, -0.2) is 0 Å². The van der Waals surface area contributed by atoms with Gasteiger partial charge in [-0.05, 0) is 73.8 Å². The fourth-order valence-corrected chi connectivity index (χ4v) is 6.40. The van der Waals surface area contributed by atoms with E-state index < -0.39 is 5.66 Å². The summed E-state index contributed by atoms with van der Waals surface area (Å²) in [5, 5.41) is 17.0. The van der Waals surface area contributed by atoms with Crippen LogP contribution in [0.1, 0.15) is 99.1 Å². The molecule has 1 aliphatic heterocycles. The maximum absolute atomic E-state index is 14.3. The van der Waals surface area contributed by atoms with E-state index in [0.717, 1.165) is 56.1 Å². The Bertz CT molecular complexity index is 1380. The number of aromatic amines is 1. The van der Waals surface area contributed by atoms with Crippen LogP contribution in [-0.2, 0) is 11.3 Å². The van der Waals surface area contributed by atoms with E-state index in [4.69, 9.17) is 16.6 Å². The number of rotatable bonds is 10. The van der Waals surface area contributed by atoms with Gasteiger partial charge in [-0.1, -0.05) is 74.7 Å². The summed E-state index contributed by atoms with van der Waals surface area (Å²) in [7, 11) is 0. The molecule has 10 heteroatoms. The molecule has 1 unspecified atom stereocenters. The maximum atomic E-state index is 14.3. The highest BCUT2D eigenvalue weighted by Gasteiger charge is 2.51. The number of H-pyrrole nitrogens is 1. The quantitative estimate of drug-likeness (QED) is 0.313. The predicted octanol–water partition coefficient (Wildman–Crippen LogP) is 5.89. The molecule has 41 heavy (non-hydrogen) atoms. The molecule has 2 N–H and O–H groups in total. The average Bonchev–Trinajstić information content (AvgIpc) is 3.59. The van der Waals surface area contributed by atoms with Crippen LogP contribution in [0.5, 0.6) is 0 Å². The number of aromatic nitrogens is 4. The number of hydrogen-bond donors (Lipinski definition) is 2. The predicted molar refractivity (Wildman–Crippen MR) is 158 cm³/mol. The van der Waals surface area contributed by atoms with Crippen molar-refractivity contribution in [3.8, 4) is 0 Å². The highest BCUT2D eigenvalue weighted by atomic mass is 35.5. The molecule has 9 nitrogen and oxygen atoms in total. The van der Waals surface area contributed by atoms with Gasteiger partial charge in [0.25, 0.3) is 11.8 Å². The second-order valence-corrected chi connectivity index (χ2v) is 11.9. The summed E-state index contributed by atoms with van der Waals surface area (Å²) in [6, 6.07) is 14.9. The van der Waals surface area contributed by atoms with Crippen molar-refractivity contribution in [2.45, 2.75) is 84.0 Å². The minimum atomic E-state index is -0.584. The van der Waals surface area contributed by atoms with Gasteiger partial charge in [-0.15, -0.1) is 10.2 Å². The first-order chi connectivity index (χ1) is 19.8. The second-order valence-electron chi connectivity index (χ2n) is 11.5. The molecule has 1 saturated carbocycles. The summed E-state index contributed by atoms with van der Waals surface area (Å²) >= 11 is 6.33. The summed E-state index contributed by atoms with van der Waals surface area (Å²) in [5.74, 6) is 1.37. The lowest BCUT2D eigenvalue weighted by Crippen LogP contribution is -2.51. The van der Waals surface area contributed by atoms with Crippen molar-refractivity contribution >= 4 is 29.1 Å². The number of hydrogen-bond acceptors (Lipinski definition) is 6. The van der Waals surface area contributed by atoms with E-state index in [1.165, 1.54) is 0 Å². The van der Waals surface area contributed by atoms with E-state index in [-0.39, 0.29) is 24.4 Å². The van der Waals surface area contributed by atoms with Crippen LogP contribution in [0, 0.1) is 11.8 Å². The van der Waals surface area contributed by atoms with Crippen LogP contribution >= 0.6 is 11.6 Å². The molecule has 2 aromatic carbocycles. The van der Waals surface area contributed by atoms with Gasteiger partial charge >= 0.3 is 0 Å². The molecule has 2 amide bonds. The number of benzene rings is 2. The van der Waals surface area contributed by atoms with E-state index in [0.29, 0.717) is 34.0 Å². The van der Waals surface area contributed by atoms with Crippen LogP contribution in [0.2, 0.25) is 5.02 Å². The monoisotopic (exact) mass is 575 g/mol. The zero-order valence-electron chi connectivity index (χ0n) is 23.9. The fourth-order valence-electron chi connectivity index (χ4n) is 6.21. The number of nitrogens with zero attached hydrogens (tertiary/aromatic N) is 5. The van der Waals surface area contributed by atoms with Gasteiger partial charge in [-0.3, -0.25) is 14.6 Å². The molecule has 2 heterocycles. The molecule has 1 spiro atoms. The molecule has 0 saturated heterocycles. The van der Waals surface area contributed by atoms with E-state index in [2.05, 4.69) is 51.6 Å². The van der Waals surface area contributed by atoms with Crippen molar-refractivity contribution in [1.29, 1.82) is 0 Å². The lowest BCUT2D eigenvalue weighted by atomic mass is 9.76. The molecule has 5 rings (SSSR count). The maximum Gasteiger partial charge on any atom is 0.275 e. The molecule has 1 aromatic heterocycles. The molecule has 0 bridgehead atoms. The van der Waals surface area contributed by atoms with E-state index in [1.807, 2.05) is 48.5 Å². The van der Waals surface area contributed by atoms with Crippen LogP contribution in [0.25, 0.3) is 0 Å². The van der Waals surface area contributed by atoms with E-state index in [1.54, 1.807) is 0 Å². The van der Waals surface area contributed by atoms with Crippen molar-refractivity contribution in [2.24, 2.45) is 16.8 Å². The number of halogens is 1. The largest absolute Gasteiger partial charge is 0.345 e. The Hall–Kier alpha value is -3.59. The van der Waals surface area contributed by atoms with Crippen molar-refractivity contribution in [3.05, 3.63) is 76.1 Å². The highest BCUT2D eigenvalue weighted by Crippen LogP contribution is 2.48. The van der Waals surface area contributed by atoms with Crippen LogP contribution in [0.4, 0.5) is 0 Å². The van der Waals surface area contributed by atoms with Crippen molar-refractivity contribution in [1.82, 2.24) is 30.8 Å². The minimum absolute atomic E-state index is 0.0432. The third-order valence-corrected chi connectivity index (χ3v) is 8.79. The summed E-state index contributed by atoms with van der Waals surface area (Å²) < 4.78 is 0. The Morgan fingerprint density at radius 3 is 2.56 bits per heavy atom. The van der Waals surface area contributed by atoms with Gasteiger partial charge in [-0.2, -0.15) is 5.21 Å². The normalized spacial score (nSPS) is 21.4. The Morgan fingerprint density at radius 1 is 1.17 bits per heavy atom. The Morgan fingerprint density at radius 2 is 1.93 bits per heavy atom. The SMILES string of the molecule is CCCCC(c1ccc(C(=O)NCc2nn[nH]n2)cc1)N1C(=O)C(c2cccc(Cl)c2)=NC12CCC(C(C)C)CC2. The van der Waals surface area contributed by atoms with Gasteiger partial charge in [0, 0.05) is 16.1 Å². The molecule has 2 aliphatic rings. The lowest BCUT2D eigenvalue weighted by molar-refractivity contribution is -0.133. The third kappa shape index (κ3) is 6.20. The van der Waals surface area contributed by atoms with Crippen LogP contribution in [0.3, 0.4) is 0 Å². The Balaban J connectivity index is 1.46. The van der Waals surface area contributed by atoms with Crippen molar-refractivity contribution < 1.29 is 9.59 Å². The van der Waals surface area contributed by atoms with E-state index >= 15 is 0 Å². The number of tetrazole rings is 1. The van der Waals surface area contributed by atoms with Crippen LogP contribution < -0.4 is 5.32 Å². The number of amides is 2. The van der Waals surface area contributed by atoms with Gasteiger partial charge < -0.3 is 10.2 Å². The molecular weight excluding hydrogens is 538 g/mol. The first-order valence-corrected chi connectivity index (χ1v) is 15.0. The number of aliphatic imine (C=N–C) groups is 1. The number of nitrogens with one attached hydrogen (secondary N) is 2. The van der Waals surface area contributed by atoms with Crippen LogP contribution in [0.15, 0.2) is 53.5 Å². The zero-order valence-corrected chi connectivity index (χ0v) is 24.7. The molecule has 1 aliphatic carbocycles.